The topological polar surface area (TPSA) is 20.2 Å². The van der Waals surface area contributed by atoms with E-state index in [2.05, 4.69) is 13.0 Å². The summed E-state index contributed by atoms with van der Waals surface area (Å²) in [6, 6.07) is 8.16. The molecule has 0 aliphatic carbocycles. The number of hydrogen-bond donors (Lipinski definition) is 1. The first-order valence-electron chi connectivity index (χ1n) is 5.36. The summed E-state index contributed by atoms with van der Waals surface area (Å²) in [5, 5.41) is 9.97. The molecule has 78 valence electrons. The van der Waals surface area contributed by atoms with Crippen molar-refractivity contribution in [3.63, 3.8) is 0 Å². The van der Waals surface area contributed by atoms with Crippen LogP contribution in [0.15, 0.2) is 24.3 Å². The Morgan fingerprint density at radius 3 is 2.43 bits per heavy atom. The van der Waals surface area contributed by atoms with Gasteiger partial charge in [-0.05, 0) is 37.8 Å². The summed E-state index contributed by atoms with van der Waals surface area (Å²) in [5.41, 5.74) is 1.62. The standard InChI is InChI=1S/C13H20O/c1-4-5-8-11-9-6-7-10-12(11)13(2,3)14/h6-7,9-10,14H,4-5,8H2,1-3H3. The van der Waals surface area contributed by atoms with E-state index < -0.39 is 5.60 Å². The molecule has 0 aliphatic heterocycles. The Kier molecular flexibility index (Phi) is 3.70. The highest BCUT2D eigenvalue weighted by Gasteiger charge is 2.18. The Balaban J connectivity index is 2.92. The first-order valence-corrected chi connectivity index (χ1v) is 5.36. The van der Waals surface area contributed by atoms with Crippen LogP contribution < -0.4 is 0 Å². The summed E-state index contributed by atoms with van der Waals surface area (Å²) >= 11 is 0. The SMILES string of the molecule is CCCCc1ccccc1C(C)(C)O. The van der Waals surface area contributed by atoms with Crippen LogP contribution >= 0.6 is 0 Å². The van der Waals surface area contributed by atoms with Gasteiger partial charge in [-0.1, -0.05) is 37.6 Å². The van der Waals surface area contributed by atoms with E-state index in [0.717, 1.165) is 12.0 Å². The molecule has 1 aromatic carbocycles. The normalized spacial score (nSPS) is 11.7. The van der Waals surface area contributed by atoms with Gasteiger partial charge >= 0.3 is 0 Å². The summed E-state index contributed by atoms with van der Waals surface area (Å²) in [5.74, 6) is 0. The van der Waals surface area contributed by atoms with E-state index in [1.807, 2.05) is 32.0 Å². The Bertz CT molecular complexity index is 284. The van der Waals surface area contributed by atoms with Gasteiger partial charge in [0.2, 0.25) is 0 Å². The number of benzene rings is 1. The second-order valence-electron chi connectivity index (χ2n) is 4.32. The van der Waals surface area contributed by atoms with E-state index in [0.29, 0.717) is 0 Å². The average Bonchev–Trinajstić information content (AvgIpc) is 2.14. The van der Waals surface area contributed by atoms with Crippen LogP contribution in [-0.2, 0) is 12.0 Å². The molecule has 0 heterocycles. The molecule has 14 heavy (non-hydrogen) atoms. The third-order valence-electron chi connectivity index (χ3n) is 2.48. The third kappa shape index (κ3) is 2.85. The lowest BCUT2D eigenvalue weighted by Crippen LogP contribution is -2.17. The molecule has 1 nitrogen and oxygen atoms in total. The van der Waals surface area contributed by atoms with Crippen LogP contribution in [-0.4, -0.2) is 5.11 Å². The number of aliphatic hydroxyl groups is 1. The van der Waals surface area contributed by atoms with Crippen molar-refractivity contribution in [1.82, 2.24) is 0 Å². The highest BCUT2D eigenvalue weighted by Crippen LogP contribution is 2.24. The second kappa shape index (κ2) is 4.61. The summed E-state index contributed by atoms with van der Waals surface area (Å²) in [4.78, 5) is 0. The minimum Gasteiger partial charge on any atom is -0.386 e. The molecule has 1 N–H and O–H groups in total. The van der Waals surface area contributed by atoms with Crippen LogP contribution in [0.3, 0.4) is 0 Å². The van der Waals surface area contributed by atoms with Crippen molar-refractivity contribution < 1.29 is 5.11 Å². The highest BCUT2D eigenvalue weighted by molar-refractivity contribution is 5.31. The van der Waals surface area contributed by atoms with Gasteiger partial charge in [-0.3, -0.25) is 0 Å². The molecule has 1 rings (SSSR count). The van der Waals surface area contributed by atoms with Gasteiger partial charge in [-0.2, -0.15) is 0 Å². The van der Waals surface area contributed by atoms with Gasteiger partial charge in [0.1, 0.15) is 0 Å². The predicted octanol–water partition coefficient (Wildman–Crippen LogP) is 3.26. The average molecular weight is 192 g/mol. The minimum atomic E-state index is -0.718. The zero-order chi connectivity index (χ0) is 10.6. The van der Waals surface area contributed by atoms with E-state index in [9.17, 15) is 5.11 Å². The maximum Gasteiger partial charge on any atom is 0.0843 e. The molecule has 0 saturated heterocycles. The molecular weight excluding hydrogens is 172 g/mol. The first kappa shape index (κ1) is 11.3. The molecular formula is C13H20O. The van der Waals surface area contributed by atoms with Crippen LogP contribution in [0.1, 0.15) is 44.7 Å². The predicted molar refractivity (Wildman–Crippen MR) is 60.3 cm³/mol. The summed E-state index contributed by atoms with van der Waals surface area (Å²) in [6.07, 6.45) is 3.45. The Hall–Kier alpha value is -0.820. The Morgan fingerprint density at radius 1 is 1.21 bits per heavy atom. The number of hydrogen-bond acceptors (Lipinski definition) is 1. The molecule has 0 unspecified atom stereocenters. The first-order chi connectivity index (χ1) is 6.55. The van der Waals surface area contributed by atoms with Gasteiger partial charge in [0.15, 0.2) is 0 Å². The lowest BCUT2D eigenvalue weighted by molar-refractivity contribution is 0.0776. The fourth-order valence-electron chi connectivity index (χ4n) is 1.70. The van der Waals surface area contributed by atoms with Gasteiger partial charge in [0, 0.05) is 0 Å². The van der Waals surface area contributed by atoms with Gasteiger partial charge in [0.25, 0.3) is 0 Å². The fraction of sp³-hybridized carbons (Fsp3) is 0.538. The van der Waals surface area contributed by atoms with E-state index in [1.54, 1.807) is 0 Å². The van der Waals surface area contributed by atoms with Gasteiger partial charge < -0.3 is 5.11 Å². The lowest BCUT2D eigenvalue weighted by atomic mass is 9.91. The van der Waals surface area contributed by atoms with Crippen molar-refractivity contribution in [3.05, 3.63) is 35.4 Å². The van der Waals surface area contributed by atoms with Crippen molar-refractivity contribution in [1.29, 1.82) is 0 Å². The molecule has 0 atom stereocenters. The molecule has 0 saturated carbocycles. The molecule has 0 spiro atoms. The molecule has 0 aromatic heterocycles. The van der Waals surface area contributed by atoms with Gasteiger partial charge in [-0.15, -0.1) is 0 Å². The molecule has 0 bridgehead atoms. The Labute approximate surface area is 86.8 Å². The molecule has 0 fully saturated rings. The minimum absolute atomic E-state index is 0.718. The van der Waals surface area contributed by atoms with E-state index in [-0.39, 0.29) is 0 Å². The van der Waals surface area contributed by atoms with E-state index in [4.69, 9.17) is 0 Å². The zero-order valence-electron chi connectivity index (χ0n) is 9.38. The molecule has 0 amide bonds. The number of unbranched alkanes of at least 4 members (excludes halogenated alkanes) is 1. The largest absolute Gasteiger partial charge is 0.386 e. The van der Waals surface area contributed by atoms with Crippen molar-refractivity contribution in [3.8, 4) is 0 Å². The van der Waals surface area contributed by atoms with Gasteiger partial charge in [-0.25, -0.2) is 0 Å². The molecule has 0 radical (unpaired) electrons. The number of rotatable bonds is 4. The summed E-state index contributed by atoms with van der Waals surface area (Å²) in [7, 11) is 0. The summed E-state index contributed by atoms with van der Waals surface area (Å²) < 4.78 is 0. The van der Waals surface area contributed by atoms with Crippen LogP contribution in [0.5, 0.6) is 0 Å². The van der Waals surface area contributed by atoms with Crippen LogP contribution in [0, 0.1) is 0 Å². The van der Waals surface area contributed by atoms with Crippen LogP contribution in [0.2, 0.25) is 0 Å². The van der Waals surface area contributed by atoms with Crippen molar-refractivity contribution in [2.24, 2.45) is 0 Å². The van der Waals surface area contributed by atoms with E-state index in [1.165, 1.54) is 18.4 Å². The van der Waals surface area contributed by atoms with Gasteiger partial charge in [0.05, 0.1) is 5.60 Å². The van der Waals surface area contributed by atoms with Crippen molar-refractivity contribution in [2.45, 2.75) is 45.6 Å². The smallest absolute Gasteiger partial charge is 0.0843 e. The second-order valence-corrected chi connectivity index (χ2v) is 4.32. The Morgan fingerprint density at radius 2 is 1.86 bits per heavy atom. The van der Waals surface area contributed by atoms with Crippen molar-refractivity contribution in [2.75, 3.05) is 0 Å². The quantitative estimate of drug-likeness (QED) is 0.776. The van der Waals surface area contributed by atoms with Crippen LogP contribution in [0.25, 0.3) is 0 Å². The molecule has 1 heteroatoms. The van der Waals surface area contributed by atoms with Crippen molar-refractivity contribution >= 4 is 0 Å². The van der Waals surface area contributed by atoms with E-state index >= 15 is 0 Å². The molecule has 1 aromatic rings. The van der Waals surface area contributed by atoms with Crippen LogP contribution in [0.4, 0.5) is 0 Å². The molecule has 0 aliphatic rings. The highest BCUT2D eigenvalue weighted by atomic mass is 16.3. The zero-order valence-corrected chi connectivity index (χ0v) is 9.38. The fourth-order valence-corrected chi connectivity index (χ4v) is 1.70. The third-order valence-corrected chi connectivity index (χ3v) is 2.48. The maximum absolute atomic E-state index is 9.97. The monoisotopic (exact) mass is 192 g/mol. The summed E-state index contributed by atoms with van der Waals surface area (Å²) in [6.45, 7) is 5.88. The number of aryl methyl sites for hydroxylation is 1. The maximum atomic E-state index is 9.97. The lowest BCUT2D eigenvalue weighted by Gasteiger charge is -2.21.